The molecule has 1 aromatic heterocycles. The van der Waals surface area contributed by atoms with E-state index < -0.39 is 5.97 Å². The van der Waals surface area contributed by atoms with Gasteiger partial charge in [-0.25, -0.2) is 4.79 Å². The lowest BCUT2D eigenvalue weighted by Gasteiger charge is -2.04. The van der Waals surface area contributed by atoms with Gasteiger partial charge in [0.05, 0.1) is 0 Å². The van der Waals surface area contributed by atoms with Crippen molar-refractivity contribution in [3.8, 4) is 10.4 Å². The number of carbonyl (C=O) groups is 1. The Kier molecular flexibility index (Phi) is 3.99. The van der Waals surface area contributed by atoms with Crippen molar-refractivity contribution in [2.45, 2.75) is 6.92 Å². The van der Waals surface area contributed by atoms with Gasteiger partial charge in [-0.3, -0.25) is 0 Å². The molecule has 2 nitrogen and oxygen atoms in total. The zero-order valence-electron chi connectivity index (χ0n) is 9.68. The first-order chi connectivity index (χ1) is 8.58. The van der Waals surface area contributed by atoms with Crippen LogP contribution in [0.5, 0.6) is 0 Å². The summed E-state index contributed by atoms with van der Waals surface area (Å²) in [5.41, 5.74) is 2.32. The van der Waals surface area contributed by atoms with E-state index in [-0.39, 0.29) is 0 Å². The van der Waals surface area contributed by atoms with Gasteiger partial charge in [-0.2, -0.15) is 0 Å². The molecule has 0 saturated carbocycles. The minimum absolute atomic E-state index is 0.929. The summed E-state index contributed by atoms with van der Waals surface area (Å²) in [4.78, 5) is 12.5. The molecule has 1 heterocycles. The molecule has 4 heteroatoms. The van der Waals surface area contributed by atoms with Crippen LogP contribution in [-0.4, -0.2) is 11.1 Å². The van der Waals surface area contributed by atoms with E-state index in [0.29, 0.717) is 0 Å². The van der Waals surface area contributed by atoms with E-state index in [1.807, 2.05) is 37.3 Å². The average Bonchev–Trinajstić information content (AvgIpc) is 2.78. The SMILES string of the molecule is Cc1cccc(-c2ccc(/C=C/C(=O)O)s2)c1Br. The Hall–Kier alpha value is -1.39. The molecular formula is C14H11BrO2S. The second-order valence-corrected chi connectivity index (χ2v) is 5.72. The topological polar surface area (TPSA) is 37.3 Å². The predicted octanol–water partition coefficient (Wildman–Crippen LogP) is 4.58. The van der Waals surface area contributed by atoms with Gasteiger partial charge in [0.15, 0.2) is 0 Å². The van der Waals surface area contributed by atoms with E-state index in [1.54, 1.807) is 17.4 Å². The molecule has 2 aromatic rings. The second-order valence-electron chi connectivity index (χ2n) is 3.81. The summed E-state index contributed by atoms with van der Waals surface area (Å²) >= 11 is 5.15. The fourth-order valence-electron chi connectivity index (χ4n) is 1.58. The van der Waals surface area contributed by atoms with Crippen LogP contribution in [0.4, 0.5) is 0 Å². The van der Waals surface area contributed by atoms with Gasteiger partial charge in [0, 0.05) is 25.9 Å². The maximum absolute atomic E-state index is 10.5. The molecule has 92 valence electrons. The number of benzene rings is 1. The molecule has 0 spiro atoms. The highest BCUT2D eigenvalue weighted by atomic mass is 79.9. The van der Waals surface area contributed by atoms with Gasteiger partial charge in [-0.15, -0.1) is 11.3 Å². The number of carboxylic acid groups (broad SMARTS) is 1. The Labute approximate surface area is 118 Å². The molecular weight excluding hydrogens is 312 g/mol. The summed E-state index contributed by atoms with van der Waals surface area (Å²) in [6.45, 7) is 2.05. The first-order valence-electron chi connectivity index (χ1n) is 5.34. The molecule has 18 heavy (non-hydrogen) atoms. The van der Waals surface area contributed by atoms with E-state index >= 15 is 0 Å². The molecule has 0 unspecified atom stereocenters. The third-order valence-electron chi connectivity index (χ3n) is 2.47. The summed E-state index contributed by atoms with van der Waals surface area (Å²) in [6, 6.07) is 10.0. The fourth-order valence-corrected chi connectivity index (χ4v) is 3.13. The third-order valence-corrected chi connectivity index (χ3v) is 4.61. The molecule has 2 rings (SSSR count). The summed E-state index contributed by atoms with van der Waals surface area (Å²) in [5.74, 6) is -0.929. The number of aryl methyl sites for hydroxylation is 1. The maximum Gasteiger partial charge on any atom is 0.328 e. The van der Waals surface area contributed by atoms with Crippen molar-refractivity contribution < 1.29 is 9.90 Å². The summed E-state index contributed by atoms with van der Waals surface area (Å²) in [6.07, 6.45) is 2.76. The van der Waals surface area contributed by atoms with Crippen molar-refractivity contribution >= 4 is 39.3 Å². The molecule has 0 radical (unpaired) electrons. The number of thiophene rings is 1. The first kappa shape index (κ1) is 13.1. The molecule has 1 aromatic carbocycles. The van der Waals surface area contributed by atoms with Crippen LogP contribution in [-0.2, 0) is 4.79 Å². The van der Waals surface area contributed by atoms with Crippen molar-refractivity contribution in [2.24, 2.45) is 0 Å². The zero-order chi connectivity index (χ0) is 13.1. The molecule has 0 aliphatic carbocycles. The van der Waals surface area contributed by atoms with Crippen molar-refractivity contribution in [1.82, 2.24) is 0 Å². The maximum atomic E-state index is 10.5. The van der Waals surface area contributed by atoms with Crippen LogP contribution >= 0.6 is 27.3 Å². The first-order valence-corrected chi connectivity index (χ1v) is 6.95. The Balaban J connectivity index is 2.35. The van der Waals surface area contributed by atoms with Crippen molar-refractivity contribution in [1.29, 1.82) is 0 Å². The lowest BCUT2D eigenvalue weighted by Crippen LogP contribution is -1.84. The molecule has 0 aliphatic heterocycles. The number of rotatable bonds is 3. The van der Waals surface area contributed by atoms with Crippen LogP contribution in [0.2, 0.25) is 0 Å². The van der Waals surface area contributed by atoms with Crippen molar-refractivity contribution in [3.05, 3.63) is 51.3 Å². The number of carboxylic acids is 1. The Morgan fingerprint density at radius 2 is 2.11 bits per heavy atom. The standard InChI is InChI=1S/C14H11BrO2S/c1-9-3-2-4-11(14(9)15)12-7-5-10(18-12)6-8-13(16)17/h2-8H,1H3,(H,16,17)/b8-6+. The van der Waals surface area contributed by atoms with Crippen molar-refractivity contribution in [2.75, 3.05) is 0 Å². The molecule has 0 bridgehead atoms. The van der Waals surface area contributed by atoms with Crippen LogP contribution in [0.15, 0.2) is 40.9 Å². The van der Waals surface area contributed by atoms with Crippen LogP contribution in [0.25, 0.3) is 16.5 Å². The molecule has 0 saturated heterocycles. The molecule has 0 aliphatic rings. The summed E-state index contributed by atoms with van der Waals surface area (Å²) < 4.78 is 1.08. The second kappa shape index (κ2) is 5.50. The molecule has 1 N–H and O–H groups in total. The van der Waals surface area contributed by atoms with Crippen LogP contribution in [0, 0.1) is 6.92 Å². The lowest BCUT2D eigenvalue weighted by molar-refractivity contribution is -0.131. The van der Waals surface area contributed by atoms with Gasteiger partial charge >= 0.3 is 5.97 Å². The fraction of sp³-hybridized carbons (Fsp3) is 0.0714. The van der Waals surface area contributed by atoms with Crippen LogP contribution < -0.4 is 0 Å². The molecule has 0 amide bonds. The Morgan fingerprint density at radius 3 is 2.83 bits per heavy atom. The highest BCUT2D eigenvalue weighted by Crippen LogP contribution is 2.35. The van der Waals surface area contributed by atoms with E-state index in [2.05, 4.69) is 15.9 Å². The molecule has 0 atom stereocenters. The van der Waals surface area contributed by atoms with Gasteiger partial charge in [0.2, 0.25) is 0 Å². The van der Waals surface area contributed by atoms with E-state index in [1.165, 1.54) is 5.56 Å². The smallest absolute Gasteiger partial charge is 0.328 e. The van der Waals surface area contributed by atoms with E-state index in [4.69, 9.17) is 5.11 Å². The minimum Gasteiger partial charge on any atom is -0.478 e. The predicted molar refractivity (Wildman–Crippen MR) is 78.9 cm³/mol. The number of halogens is 1. The van der Waals surface area contributed by atoms with E-state index in [9.17, 15) is 4.79 Å². The largest absolute Gasteiger partial charge is 0.478 e. The van der Waals surface area contributed by atoms with Gasteiger partial charge in [-0.05, 0) is 46.6 Å². The third kappa shape index (κ3) is 2.89. The van der Waals surface area contributed by atoms with Gasteiger partial charge < -0.3 is 5.11 Å². The number of hydrogen-bond acceptors (Lipinski definition) is 2. The van der Waals surface area contributed by atoms with Crippen LogP contribution in [0.3, 0.4) is 0 Å². The average molecular weight is 323 g/mol. The monoisotopic (exact) mass is 322 g/mol. The Morgan fingerprint density at radius 1 is 1.33 bits per heavy atom. The summed E-state index contributed by atoms with van der Waals surface area (Å²) in [7, 11) is 0. The highest BCUT2D eigenvalue weighted by molar-refractivity contribution is 9.10. The Bertz CT molecular complexity index is 614. The minimum atomic E-state index is -0.929. The molecule has 0 fully saturated rings. The van der Waals surface area contributed by atoms with Gasteiger partial charge in [0.1, 0.15) is 0 Å². The number of aliphatic carboxylic acids is 1. The number of hydrogen-bond donors (Lipinski definition) is 1. The zero-order valence-corrected chi connectivity index (χ0v) is 12.1. The quantitative estimate of drug-likeness (QED) is 0.839. The van der Waals surface area contributed by atoms with Gasteiger partial charge in [0.25, 0.3) is 0 Å². The van der Waals surface area contributed by atoms with E-state index in [0.717, 1.165) is 25.9 Å². The van der Waals surface area contributed by atoms with Crippen LogP contribution in [0.1, 0.15) is 10.4 Å². The van der Waals surface area contributed by atoms with Gasteiger partial charge in [-0.1, -0.05) is 18.2 Å². The highest BCUT2D eigenvalue weighted by Gasteiger charge is 2.07. The summed E-state index contributed by atoms with van der Waals surface area (Å²) in [5, 5.41) is 8.59. The van der Waals surface area contributed by atoms with Crippen molar-refractivity contribution in [3.63, 3.8) is 0 Å². The lowest BCUT2D eigenvalue weighted by atomic mass is 10.1. The normalized spacial score (nSPS) is 11.0.